The highest BCUT2D eigenvalue weighted by Gasteiger charge is 2.45. The Balaban J connectivity index is 1.29. The number of nitriles is 1. The monoisotopic (exact) mass is 468 g/mol. The molecule has 5 rings (SSSR count). The van der Waals surface area contributed by atoms with E-state index >= 15 is 0 Å². The summed E-state index contributed by atoms with van der Waals surface area (Å²) in [6.45, 7) is 5.88. The van der Waals surface area contributed by atoms with E-state index in [9.17, 15) is 13.2 Å². The van der Waals surface area contributed by atoms with Gasteiger partial charge in [0, 0.05) is 37.3 Å². The third kappa shape index (κ3) is 4.47. The average Bonchev–Trinajstić information content (AvgIpc) is 3.51. The van der Waals surface area contributed by atoms with Crippen LogP contribution in [-0.4, -0.2) is 51.9 Å². The fourth-order valence-corrected chi connectivity index (χ4v) is 5.51. The van der Waals surface area contributed by atoms with Gasteiger partial charge < -0.3 is 4.90 Å². The van der Waals surface area contributed by atoms with Crippen LogP contribution in [0.25, 0.3) is 5.52 Å². The number of rotatable bonds is 5. The van der Waals surface area contributed by atoms with Gasteiger partial charge >= 0.3 is 6.18 Å². The van der Waals surface area contributed by atoms with Crippen molar-refractivity contribution in [1.29, 1.82) is 5.26 Å². The molecule has 0 saturated carbocycles. The maximum Gasteiger partial charge on any atom is 0.393 e. The van der Waals surface area contributed by atoms with Gasteiger partial charge in [0.05, 0.1) is 18.9 Å². The summed E-state index contributed by atoms with van der Waals surface area (Å²) in [7, 11) is 0. The molecule has 2 unspecified atom stereocenters. The number of benzene rings is 1. The van der Waals surface area contributed by atoms with Crippen molar-refractivity contribution in [1.82, 2.24) is 19.5 Å². The number of hydrogen-bond acceptors (Lipinski definition) is 5. The quantitative estimate of drug-likeness (QED) is 0.549. The van der Waals surface area contributed by atoms with Crippen LogP contribution in [0.2, 0.25) is 0 Å². The minimum atomic E-state index is -4.25. The topological polar surface area (TPSA) is 60.5 Å². The minimum Gasteiger partial charge on any atom is -0.354 e. The molecular formula is C25H27F3N6. The lowest BCUT2D eigenvalue weighted by molar-refractivity contribution is -0.127. The minimum absolute atomic E-state index is 0.151. The van der Waals surface area contributed by atoms with Crippen molar-refractivity contribution >= 4 is 11.3 Å². The zero-order valence-corrected chi connectivity index (χ0v) is 19.1. The molecule has 3 aromatic rings. The average molecular weight is 469 g/mol. The van der Waals surface area contributed by atoms with E-state index in [1.807, 2.05) is 12.1 Å². The van der Waals surface area contributed by atoms with Crippen LogP contribution >= 0.6 is 0 Å². The maximum absolute atomic E-state index is 12.9. The first-order valence-corrected chi connectivity index (χ1v) is 11.6. The second-order valence-corrected chi connectivity index (χ2v) is 9.70. The van der Waals surface area contributed by atoms with Crippen molar-refractivity contribution in [2.45, 2.75) is 44.8 Å². The lowest BCUT2D eigenvalue weighted by atomic mass is 9.86. The summed E-state index contributed by atoms with van der Waals surface area (Å²) >= 11 is 0. The molecule has 0 amide bonds. The van der Waals surface area contributed by atoms with E-state index in [0.29, 0.717) is 17.8 Å². The number of aromatic nitrogens is 3. The Morgan fingerprint density at radius 3 is 2.62 bits per heavy atom. The van der Waals surface area contributed by atoms with E-state index < -0.39 is 12.6 Å². The lowest BCUT2D eigenvalue weighted by Gasteiger charge is -2.28. The summed E-state index contributed by atoms with van der Waals surface area (Å²) in [5.74, 6) is 0.708. The number of likely N-dealkylation sites (tertiary alicyclic amines) is 1. The standard InChI is InChI=1S/C25H27F3N6/c1-18(21-4-2-19(3-5-21)6-9-29)32-10-7-24(15-32)8-11-33(16-24)23-22-12-20(13-25(26,27)28)14-34(22)31-17-30-23/h2-5,12,14,17-18H,6-8,10-11,13,15-16H2,1H3. The van der Waals surface area contributed by atoms with Gasteiger partial charge in [0.2, 0.25) is 0 Å². The van der Waals surface area contributed by atoms with Crippen molar-refractivity contribution in [3.05, 3.63) is 59.5 Å². The first-order valence-electron chi connectivity index (χ1n) is 11.6. The van der Waals surface area contributed by atoms with Crippen LogP contribution in [0.4, 0.5) is 19.0 Å². The molecule has 2 aromatic heterocycles. The summed E-state index contributed by atoms with van der Waals surface area (Å²) in [4.78, 5) is 9.17. The molecule has 0 bridgehead atoms. The molecule has 9 heteroatoms. The predicted molar refractivity (Wildman–Crippen MR) is 122 cm³/mol. The molecule has 2 atom stereocenters. The van der Waals surface area contributed by atoms with E-state index in [1.165, 1.54) is 22.6 Å². The largest absolute Gasteiger partial charge is 0.393 e. The number of anilines is 1. The number of alkyl halides is 3. The highest BCUT2D eigenvalue weighted by atomic mass is 19.4. The van der Waals surface area contributed by atoms with E-state index in [2.05, 4.69) is 45.0 Å². The molecular weight excluding hydrogens is 441 g/mol. The zero-order chi connectivity index (χ0) is 23.9. The van der Waals surface area contributed by atoms with E-state index in [0.717, 1.165) is 44.6 Å². The van der Waals surface area contributed by atoms with Crippen LogP contribution in [0, 0.1) is 16.7 Å². The van der Waals surface area contributed by atoms with Gasteiger partial charge in [-0.3, -0.25) is 4.90 Å². The highest BCUT2D eigenvalue weighted by molar-refractivity contribution is 5.70. The summed E-state index contributed by atoms with van der Waals surface area (Å²) in [6, 6.07) is 12.3. The number of nitrogens with zero attached hydrogens (tertiary/aromatic N) is 6. The fraction of sp³-hybridized carbons (Fsp3) is 0.480. The van der Waals surface area contributed by atoms with Gasteiger partial charge in [-0.1, -0.05) is 24.3 Å². The second-order valence-electron chi connectivity index (χ2n) is 9.70. The van der Waals surface area contributed by atoms with Gasteiger partial charge in [0.25, 0.3) is 0 Å². The Labute approximate surface area is 196 Å². The SMILES string of the molecule is CC(c1ccc(CC#N)cc1)N1CCC2(CCN(c3ncnn4cc(CC(F)(F)F)cc34)C2)C1. The van der Waals surface area contributed by atoms with Crippen LogP contribution in [0.3, 0.4) is 0 Å². The Morgan fingerprint density at radius 1 is 1.12 bits per heavy atom. The molecule has 0 radical (unpaired) electrons. The van der Waals surface area contributed by atoms with Gasteiger partial charge in [-0.15, -0.1) is 0 Å². The van der Waals surface area contributed by atoms with Crippen molar-refractivity contribution < 1.29 is 13.2 Å². The zero-order valence-electron chi connectivity index (χ0n) is 19.1. The molecule has 1 aromatic carbocycles. The van der Waals surface area contributed by atoms with Crippen LogP contribution in [-0.2, 0) is 12.8 Å². The Hall–Kier alpha value is -3.12. The molecule has 2 fully saturated rings. The third-order valence-electron chi connectivity index (χ3n) is 7.35. The van der Waals surface area contributed by atoms with Gasteiger partial charge in [-0.05, 0) is 49.1 Å². The molecule has 0 N–H and O–H groups in total. The van der Waals surface area contributed by atoms with E-state index in [1.54, 1.807) is 6.07 Å². The Bertz CT molecular complexity index is 1210. The highest BCUT2D eigenvalue weighted by Crippen LogP contribution is 2.43. The molecule has 178 valence electrons. The first kappa shape index (κ1) is 22.7. The molecule has 6 nitrogen and oxygen atoms in total. The molecule has 2 aliphatic rings. The molecule has 1 spiro atoms. The molecule has 34 heavy (non-hydrogen) atoms. The van der Waals surface area contributed by atoms with E-state index in [-0.39, 0.29) is 17.0 Å². The van der Waals surface area contributed by atoms with Crippen molar-refractivity contribution in [2.24, 2.45) is 5.41 Å². The van der Waals surface area contributed by atoms with Gasteiger partial charge in [0.1, 0.15) is 11.8 Å². The molecule has 4 heterocycles. The van der Waals surface area contributed by atoms with Crippen LogP contribution in [0.15, 0.2) is 42.9 Å². The van der Waals surface area contributed by atoms with Crippen molar-refractivity contribution in [2.75, 3.05) is 31.1 Å². The summed E-state index contributed by atoms with van der Waals surface area (Å²) in [5.41, 5.74) is 3.25. The molecule has 2 aliphatic heterocycles. The van der Waals surface area contributed by atoms with Crippen molar-refractivity contribution in [3.8, 4) is 6.07 Å². The van der Waals surface area contributed by atoms with Crippen LogP contribution < -0.4 is 4.90 Å². The Morgan fingerprint density at radius 2 is 1.88 bits per heavy atom. The number of fused-ring (bicyclic) bond motifs is 1. The number of hydrogen-bond donors (Lipinski definition) is 0. The Kier molecular flexibility index (Phi) is 5.72. The maximum atomic E-state index is 12.9. The van der Waals surface area contributed by atoms with Crippen LogP contribution in [0.1, 0.15) is 42.5 Å². The van der Waals surface area contributed by atoms with Gasteiger partial charge in [-0.25, -0.2) is 9.50 Å². The number of halogens is 3. The second kappa shape index (κ2) is 8.58. The van der Waals surface area contributed by atoms with Crippen molar-refractivity contribution in [3.63, 3.8) is 0 Å². The summed E-state index contributed by atoms with van der Waals surface area (Å²) < 4.78 is 40.1. The third-order valence-corrected chi connectivity index (χ3v) is 7.35. The summed E-state index contributed by atoms with van der Waals surface area (Å²) in [6.07, 6.45) is 0.184. The molecule has 0 aliphatic carbocycles. The fourth-order valence-electron chi connectivity index (χ4n) is 5.51. The predicted octanol–water partition coefficient (Wildman–Crippen LogP) is 4.56. The molecule has 2 saturated heterocycles. The smallest absolute Gasteiger partial charge is 0.354 e. The lowest BCUT2D eigenvalue weighted by Crippen LogP contribution is -2.32. The van der Waals surface area contributed by atoms with E-state index in [4.69, 9.17) is 5.26 Å². The first-order chi connectivity index (χ1) is 16.3. The van der Waals surface area contributed by atoms with Gasteiger partial charge in [0.15, 0.2) is 5.82 Å². The van der Waals surface area contributed by atoms with Crippen LogP contribution in [0.5, 0.6) is 0 Å². The van der Waals surface area contributed by atoms with Gasteiger partial charge in [-0.2, -0.15) is 23.5 Å². The summed E-state index contributed by atoms with van der Waals surface area (Å²) in [5, 5.41) is 13.0. The normalized spacial score (nSPS) is 22.0.